The summed E-state index contributed by atoms with van der Waals surface area (Å²) in [6, 6.07) is 4.42. The average Bonchev–Trinajstić information content (AvgIpc) is 3.19. The number of benzene rings is 1. The largest absolute Gasteiger partial charge is 0.0984 e. The molecule has 88 valence electrons. The fourth-order valence-electron chi connectivity index (χ4n) is 2.59. The molecule has 0 saturated heterocycles. The smallest absolute Gasteiger partial charge is 0.00867 e. The zero-order chi connectivity index (χ0) is 12.4. The zero-order valence-electron chi connectivity index (χ0n) is 10.7. The van der Waals surface area contributed by atoms with Crippen molar-refractivity contribution < 1.29 is 0 Å². The normalized spacial score (nSPS) is 22.7. The van der Waals surface area contributed by atoms with E-state index < -0.39 is 0 Å². The van der Waals surface area contributed by atoms with E-state index in [1.54, 1.807) is 0 Å². The van der Waals surface area contributed by atoms with Crippen molar-refractivity contribution >= 4 is 18.2 Å². The van der Waals surface area contributed by atoms with Crippen molar-refractivity contribution in [1.82, 2.24) is 0 Å². The summed E-state index contributed by atoms with van der Waals surface area (Å²) in [6.45, 7) is 11.8. The van der Waals surface area contributed by atoms with Gasteiger partial charge in [-0.1, -0.05) is 63.4 Å². The van der Waals surface area contributed by atoms with E-state index in [2.05, 4.69) is 37.4 Å². The summed E-state index contributed by atoms with van der Waals surface area (Å²) >= 11 is 0. The Balaban J connectivity index is 0.000000514. The van der Waals surface area contributed by atoms with E-state index in [1.165, 1.54) is 28.7 Å². The minimum atomic E-state index is 0.780. The van der Waals surface area contributed by atoms with Crippen LogP contribution in [0.3, 0.4) is 0 Å². The summed E-state index contributed by atoms with van der Waals surface area (Å²) in [5, 5.41) is 0. The van der Waals surface area contributed by atoms with Crippen LogP contribution in [-0.2, 0) is 0 Å². The van der Waals surface area contributed by atoms with Crippen LogP contribution in [0.25, 0.3) is 18.2 Å². The van der Waals surface area contributed by atoms with E-state index >= 15 is 0 Å². The lowest BCUT2D eigenvalue weighted by molar-refractivity contribution is 0.994. The molecule has 0 N–H and O–H groups in total. The Morgan fingerprint density at radius 2 is 1.94 bits per heavy atom. The maximum absolute atomic E-state index is 3.90. The van der Waals surface area contributed by atoms with Gasteiger partial charge in [0.2, 0.25) is 0 Å². The number of hydrogen-bond donors (Lipinski definition) is 0. The molecule has 1 aromatic carbocycles. The summed E-state index contributed by atoms with van der Waals surface area (Å²) in [7, 11) is 0. The zero-order valence-corrected chi connectivity index (χ0v) is 10.7. The van der Waals surface area contributed by atoms with Gasteiger partial charge in [0.25, 0.3) is 0 Å². The maximum Gasteiger partial charge on any atom is -0.00867 e. The van der Waals surface area contributed by atoms with Gasteiger partial charge in [-0.2, -0.15) is 0 Å². The second kappa shape index (κ2) is 4.75. The highest BCUT2D eigenvalue weighted by atomic mass is 14.4. The molecule has 2 aliphatic rings. The van der Waals surface area contributed by atoms with Gasteiger partial charge in [0, 0.05) is 0 Å². The summed E-state index contributed by atoms with van der Waals surface area (Å²) in [5.74, 6) is 1.59. The van der Waals surface area contributed by atoms with Crippen molar-refractivity contribution in [2.24, 2.45) is 5.92 Å². The highest BCUT2D eigenvalue weighted by Crippen LogP contribution is 2.53. The Hall–Kier alpha value is -1.56. The summed E-state index contributed by atoms with van der Waals surface area (Å²) in [5.41, 5.74) is 5.29. The Morgan fingerprint density at radius 3 is 2.59 bits per heavy atom. The first-order valence-corrected chi connectivity index (χ1v) is 6.45. The third-order valence-corrected chi connectivity index (χ3v) is 3.53. The van der Waals surface area contributed by atoms with Crippen LogP contribution in [0.1, 0.15) is 48.4 Å². The summed E-state index contributed by atoms with van der Waals surface area (Å²) < 4.78 is 0. The lowest BCUT2D eigenvalue weighted by atomic mass is 9.90. The average molecular weight is 224 g/mol. The number of hydrogen-bond acceptors (Lipinski definition) is 0. The van der Waals surface area contributed by atoms with Crippen LogP contribution in [0, 0.1) is 5.92 Å². The molecule has 0 heteroatoms. The van der Waals surface area contributed by atoms with Crippen LogP contribution in [-0.4, -0.2) is 0 Å². The molecule has 0 bridgehead atoms. The van der Waals surface area contributed by atoms with Crippen molar-refractivity contribution in [2.45, 2.75) is 26.2 Å². The van der Waals surface area contributed by atoms with E-state index in [0.29, 0.717) is 0 Å². The maximum atomic E-state index is 3.90. The Morgan fingerprint density at radius 1 is 1.18 bits per heavy atom. The molecule has 1 aromatic rings. The molecular weight excluding hydrogens is 204 g/mol. The minimum absolute atomic E-state index is 0.780. The van der Waals surface area contributed by atoms with E-state index in [0.717, 1.165) is 11.8 Å². The van der Waals surface area contributed by atoms with Crippen LogP contribution in [0.4, 0.5) is 0 Å². The van der Waals surface area contributed by atoms with Gasteiger partial charge in [0.1, 0.15) is 0 Å². The molecule has 17 heavy (non-hydrogen) atoms. The highest BCUT2D eigenvalue weighted by Gasteiger charge is 2.39. The van der Waals surface area contributed by atoms with Crippen LogP contribution < -0.4 is 0 Å². The van der Waals surface area contributed by atoms with Crippen LogP contribution >= 0.6 is 0 Å². The van der Waals surface area contributed by atoms with Crippen molar-refractivity contribution in [3.63, 3.8) is 0 Å². The molecule has 2 aliphatic carbocycles. The Bertz CT molecular complexity index is 477. The summed E-state index contributed by atoms with van der Waals surface area (Å²) in [4.78, 5) is 0. The van der Waals surface area contributed by atoms with Gasteiger partial charge in [0.15, 0.2) is 0 Å². The lowest BCUT2D eigenvalue weighted by Gasteiger charge is -2.15. The van der Waals surface area contributed by atoms with Crippen molar-refractivity contribution in [2.75, 3.05) is 0 Å². The van der Waals surface area contributed by atoms with Gasteiger partial charge in [-0.3, -0.25) is 0 Å². The Labute approximate surface area is 104 Å². The predicted molar refractivity (Wildman–Crippen MR) is 77.9 cm³/mol. The molecule has 2 unspecified atom stereocenters. The molecule has 3 rings (SSSR count). The first-order chi connectivity index (χ1) is 8.35. The molecule has 0 aromatic heterocycles. The number of allylic oxidation sites excluding steroid dienone is 1. The van der Waals surface area contributed by atoms with Gasteiger partial charge in [-0.15, -0.1) is 0 Å². The van der Waals surface area contributed by atoms with Crippen LogP contribution in [0.2, 0.25) is 0 Å². The minimum Gasteiger partial charge on any atom is -0.0984 e. The van der Waals surface area contributed by atoms with E-state index in [1.807, 2.05) is 26.0 Å². The molecule has 1 fully saturated rings. The predicted octanol–water partition coefficient (Wildman–Crippen LogP) is 5.13. The topological polar surface area (TPSA) is 0 Å². The third kappa shape index (κ3) is 1.88. The molecule has 0 nitrogen and oxygen atoms in total. The fraction of sp³-hybridized carbons (Fsp3) is 0.294. The second-order valence-corrected chi connectivity index (χ2v) is 4.34. The molecule has 0 aliphatic heterocycles. The molecule has 0 spiro atoms. The first kappa shape index (κ1) is 11.9. The molecular formula is C17H20. The molecule has 0 radical (unpaired) electrons. The van der Waals surface area contributed by atoms with E-state index in [4.69, 9.17) is 0 Å². The molecule has 2 atom stereocenters. The van der Waals surface area contributed by atoms with Crippen molar-refractivity contribution in [1.29, 1.82) is 0 Å². The van der Waals surface area contributed by atoms with Crippen LogP contribution in [0.5, 0.6) is 0 Å². The Kier molecular flexibility index (Phi) is 3.33. The van der Waals surface area contributed by atoms with Gasteiger partial charge in [-0.05, 0) is 40.5 Å². The van der Waals surface area contributed by atoms with Gasteiger partial charge in [0.05, 0.1) is 0 Å². The monoisotopic (exact) mass is 224 g/mol. The first-order valence-electron chi connectivity index (χ1n) is 6.45. The summed E-state index contributed by atoms with van der Waals surface area (Å²) in [6.07, 6.45) is 9.78. The van der Waals surface area contributed by atoms with Crippen LogP contribution in [0.15, 0.2) is 31.4 Å². The molecule has 1 saturated carbocycles. The van der Waals surface area contributed by atoms with E-state index in [-0.39, 0.29) is 0 Å². The molecule has 0 heterocycles. The third-order valence-electron chi connectivity index (χ3n) is 3.53. The van der Waals surface area contributed by atoms with E-state index in [9.17, 15) is 0 Å². The number of rotatable bonds is 2. The second-order valence-electron chi connectivity index (χ2n) is 4.34. The standard InChI is InChI=1S/C15H14.C2H6/c1-3-10-5-7-14-13(12(10)4-2)8-6-11-9-15(11)14;1-2/h3-8,11,15H,1-2,9H2;1-2H3. The van der Waals surface area contributed by atoms with Crippen molar-refractivity contribution in [3.8, 4) is 0 Å². The quantitative estimate of drug-likeness (QED) is 0.653. The van der Waals surface area contributed by atoms with Gasteiger partial charge < -0.3 is 0 Å². The molecule has 0 amide bonds. The van der Waals surface area contributed by atoms with Gasteiger partial charge >= 0.3 is 0 Å². The fourth-order valence-corrected chi connectivity index (χ4v) is 2.59. The van der Waals surface area contributed by atoms with Gasteiger partial charge in [-0.25, -0.2) is 0 Å². The highest BCUT2D eigenvalue weighted by molar-refractivity contribution is 5.77. The van der Waals surface area contributed by atoms with Crippen molar-refractivity contribution in [3.05, 3.63) is 53.6 Å². The lowest BCUT2D eigenvalue weighted by Crippen LogP contribution is -1.97. The number of fused-ring (bicyclic) bond motifs is 3. The SMILES string of the molecule is C=Cc1ccc2c(c1C=C)C=CC1CC21.CC.